The van der Waals surface area contributed by atoms with Crippen molar-refractivity contribution < 1.29 is 22.9 Å². The Balaban J connectivity index is 1.18. The van der Waals surface area contributed by atoms with Gasteiger partial charge in [-0.15, -0.1) is 0 Å². The van der Waals surface area contributed by atoms with Crippen LogP contribution in [0.4, 0.5) is 8.78 Å². The Bertz CT molecular complexity index is 1740. The van der Waals surface area contributed by atoms with E-state index in [4.69, 9.17) is 4.52 Å². The maximum absolute atomic E-state index is 13.5. The number of carbonyl (C=O) groups excluding carboxylic acids is 2. The third-order valence-electron chi connectivity index (χ3n) is 6.54. The molecule has 0 fully saturated rings. The second-order valence-electron chi connectivity index (χ2n) is 9.69. The average molecular weight is 569 g/mol. The Hall–Kier alpha value is -5.32. The molecule has 9 nitrogen and oxygen atoms in total. The topological polar surface area (TPSA) is 123 Å². The monoisotopic (exact) mass is 568 g/mol. The molecule has 0 aliphatic carbocycles. The highest BCUT2D eigenvalue weighted by molar-refractivity contribution is 5.97. The third kappa shape index (κ3) is 6.87. The number of halogens is 2. The molecule has 1 unspecified atom stereocenters. The lowest BCUT2D eigenvalue weighted by Crippen LogP contribution is -2.29. The standard InChI is InChI=1S/C31H26F2N6O3/c1-18-12-21(6-11-25(18)33)16-34-30(40)26-15-27(36-17-35-26)31(41)37-19(2)22-7-9-23(10-8-22)29-38-28(42-39-29)14-20-4-3-5-24(32)13-20/h3-13,15,17,19H,14,16H2,1-2H3,(H,34,40)(H,37,41). The highest BCUT2D eigenvalue weighted by Gasteiger charge is 2.17. The molecule has 212 valence electrons. The van der Waals surface area contributed by atoms with Crippen molar-refractivity contribution >= 4 is 11.8 Å². The van der Waals surface area contributed by atoms with E-state index in [2.05, 4.69) is 30.7 Å². The predicted octanol–water partition coefficient (Wildman–Crippen LogP) is 5.13. The molecule has 0 aliphatic heterocycles. The van der Waals surface area contributed by atoms with Crippen molar-refractivity contribution in [2.24, 2.45) is 0 Å². The Kier molecular flexibility index (Phi) is 8.37. The SMILES string of the molecule is Cc1cc(CNC(=O)c2cc(C(=O)NC(C)c3ccc(-c4noc(Cc5cccc(F)c5)n4)cc3)ncn2)ccc1F. The Morgan fingerprint density at radius 1 is 0.905 bits per heavy atom. The van der Waals surface area contributed by atoms with Crippen LogP contribution in [0.1, 0.15) is 62.1 Å². The lowest BCUT2D eigenvalue weighted by molar-refractivity contribution is 0.0934. The van der Waals surface area contributed by atoms with Crippen LogP contribution in [0.3, 0.4) is 0 Å². The molecule has 2 aromatic heterocycles. The van der Waals surface area contributed by atoms with Gasteiger partial charge >= 0.3 is 0 Å². The van der Waals surface area contributed by atoms with Gasteiger partial charge in [-0.1, -0.05) is 53.7 Å². The van der Waals surface area contributed by atoms with E-state index in [-0.39, 0.29) is 35.6 Å². The zero-order valence-electron chi connectivity index (χ0n) is 22.8. The normalized spacial score (nSPS) is 11.6. The number of nitrogens with zero attached hydrogens (tertiary/aromatic N) is 4. The molecule has 2 heterocycles. The fourth-order valence-corrected chi connectivity index (χ4v) is 4.24. The van der Waals surface area contributed by atoms with Gasteiger partial charge in [0, 0.05) is 18.2 Å². The van der Waals surface area contributed by atoms with Gasteiger partial charge in [-0.05, 0) is 54.3 Å². The smallest absolute Gasteiger partial charge is 0.270 e. The highest BCUT2D eigenvalue weighted by atomic mass is 19.1. The number of hydrogen-bond donors (Lipinski definition) is 2. The van der Waals surface area contributed by atoms with E-state index < -0.39 is 11.8 Å². The second kappa shape index (κ2) is 12.5. The summed E-state index contributed by atoms with van der Waals surface area (Å²) in [6.45, 7) is 3.64. The Morgan fingerprint density at radius 2 is 1.67 bits per heavy atom. The number of amides is 2. The summed E-state index contributed by atoms with van der Waals surface area (Å²) >= 11 is 0. The summed E-state index contributed by atoms with van der Waals surface area (Å²) in [4.78, 5) is 37.9. The van der Waals surface area contributed by atoms with E-state index in [0.29, 0.717) is 29.3 Å². The number of nitrogens with one attached hydrogen (secondary N) is 2. The minimum atomic E-state index is -0.488. The first kappa shape index (κ1) is 28.2. The number of hydrogen-bond acceptors (Lipinski definition) is 7. The van der Waals surface area contributed by atoms with E-state index in [1.807, 2.05) is 31.2 Å². The van der Waals surface area contributed by atoms with E-state index in [0.717, 1.165) is 23.0 Å². The fourth-order valence-electron chi connectivity index (χ4n) is 4.24. The Morgan fingerprint density at radius 3 is 2.40 bits per heavy atom. The zero-order valence-corrected chi connectivity index (χ0v) is 22.8. The molecular formula is C31H26F2N6O3. The third-order valence-corrected chi connectivity index (χ3v) is 6.54. The van der Waals surface area contributed by atoms with Crippen molar-refractivity contribution in [2.75, 3.05) is 0 Å². The van der Waals surface area contributed by atoms with Crippen molar-refractivity contribution in [2.45, 2.75) is 32.9 Å². The van der Waals surface area contributed by atoms with Crippen LogP contribution in [0.25, 0.3) is 11.4 Å². The summed E-state index contributed by atoms with van der Waals surface area (Å²) in [5, 5.41) is 9.60. The predicted molar refractivity (Wildman–Crippen MR) is 149 cm³/mol. The van der Waals surface area contributed by atoms with Crippen LogP contribution < -0.4 is 10.6 Å². The first-order chi connectivity index (χ1) is 20.2. The van der Waals surface area contributed by atoms with Crippen LogP contribution in [0.15, 0.2) is 83.6 Å². The van der Waals surface area contributed by atoms with Crippen LogP contribution in [0, 0.1) is 18.6 Å². The summed E-state index contributed by atoms with van der Waals surface area (Å²) in [6, 6.07) is 19.0. The molecule has 0 saturated heterocycles. The zero-order chi connectivity index (χ0) is 29.6. The van der Waals surface area contributed by atoms with Crippen LogP contribution in [-0.4, -0.2) is 31.9 Å². The number of carbonyl (C=O) groups is 2. The van der Waals surface area contributed by atoms with Gasteiger partial charge in [0.25, 0.3) is 11.8 Å². The second-order valence-corrected chi connectivity index (χ2v) is 9.69. The van der Waals surface area contributed by atoms with Gasteiger partial charge in [0.1, 0.15) is 29.3 Å². The largest absolute Gasteiger partial charge is 0.347 e. The summed E-state index contributed by atoms with van der Waals surface area (Å²) in [5.41, 5.74) is 3.54. The van der Waals surface area contributed by atoms with E-state index in [1.54, 1.807) is 31.2 Å². The van der Waals surface area contributed by atoms with Crippen LogP contribution in [0.2, 0.25) is 0 Å². The number of benzene rings is 3. The molecule has 0 saturated carbocycles. The summed E-state index contributed by atoms with van der Waals surface area (Å²) in [6.07, 6.45) is 1.46. The molecule has 2 amide bonds. The van der Waals surface area contributed by atoms with Gasteiger partial charge in [-0.3, -0.25) is 9.59 Å². The van der Waals surface area contributed by atoms with Crippen LogP contribution in [0.5, 0.6) is 0 Å². The molecule has 5 rings (SSSR count). The number of aromatic nitrogens is 4. The van der Waals surface area contributed by atoms with Crippen LogP contribution >= 0.6 is 0 Å². The molecule has 5 aromatic rings. The van der Waals surface area contributed by atoms with E-state index >= 15 is 0 Å². The Labute approximate surface area is 240 Å². The van der Waals surface area contributed by atoms with Gasteiger partial charge in [0.2, 0.25) is 11.7 Å². The van der Waals surface area contributed by atoms with Gasteiger partial charge in [0.05, 0.1) is 12.5 Å². The van der Waals surface area contributed by atoms with Gasteiger partial charge < -0.3 is 15.2 Å². The van der Waals surface area contributed by atoms with Crippen LogP contribution in [-0.2, 0) is 13.0 Å². The molecule has 0 spiro atoms. The van der Waals surface area contributed by atoms with Crippen molar-refractivity contribution in [1.82, 2.24) is 30.7 Å². The lowest BCUT2D eigenvalue weighted by Gasteiger charge is -2.14. The van der Waals surface area contributed by atoms with Gasteiger partial charge in [-0.2, -0.15) is 4.98 Å². The first-order valence-corrected chi connectivity index (χ1v) is 13.1. The molecule has 1 atom stereocenters. The van der Waals surface area contributed by atoms with E-state index in [9.17, 15) is 18.4 Å². The molecule has 0 aliphatic rings. The molecule has 0 bridgehead atoms. The van der Waals surface area contributed by atoms with Gasteiger partial charge in [0.15, 0.2) is 0 Å². The summed E-state index contributed by atoms with van der Waals surface area (Å²) in [7, 11) is 0. The number of rotatable bonds is 9. The van der Waals surface area contributed by atoms with Crippen molar-refractivity contribution in [3.05, 3.63) is 130 Å². The molecule has 3 aromatic carbocycles. The first-order valence-electron chi connectivity index (χ1n) is 13.1. The molecular weight excluding hydrogens is 542 g/mol. The molecule has 0 radical (unpaired) electrons. The summed E-state index contributed by atoms with van der Waals surface area (Å²) < 4.78 is 32.2. The molecule has 42 heavy (non-hydrogen) atoms. The minimum Gasteiger partial charge on any atom is -0.347 e. The van der Waals surface area contributed by atoms with Crippen molar-refractivity contribution in [3.63, 3.8) is 0 Å². The van der Waals surface area contributed by atoms with Crippen molar-refractivity contribution in [1.29, 1.82) is 0 Å². The fraction of sp³-hybridized carbons (Fsp3) is 0.161. The summed E-state index contributed by atoms with van der Waals surface area (Å²) in [5.74, 6) is -0.852. The minimum absolute atomic E-state index is 0.0304. The lowest BCUT2D eigenvalue weighted by atomic mass is 10.1. The van der Waals surface area contributed by atoms with Crippen molar-refractivity contribution in [3.8, 4) is 11.4 Å². The quantitative estimate of drug-likeness (QED) is 0.253. The van der Waals surface area contributed by atoms with E-state index in [1.165, 1.54) is 24.3 Å². The average Bonchev–Trinajstić information content (AvgIpc) is 3.46. The molecule has 11 heteroatoms. The maximum Gasteiger partial charge on any atom is 0.270 e. The molecule has 2 N–H and O–H groups in total. The highest BCUT2D eigenvalue weighted by Crippen LogP contribution is 2.21. The van der Waals surface area contributed by atoms with Gasteiger partial charge in [-0.25, -0.2) is 18.7 Å². The number of aryl methyl sites for hydroxylation is 1. The maximum atomic E-state index is 13.5.